The topological polar surface area (TPSA) is 93.6 Å². The molecule has 114 valence electrons. The second kappa shape index (κ2) is 5.08. The van der Waals surface area contributed by atoms with Gasteiger partial charge < -0.3 is 5.73 Å². The Kier molecular flexibility index (Phi) is 3.34. The predicted octanol–water partition coefficient (Wildman–Crippen LogP) is 1.23. The molecule has 8 heteroatoms. The number of aromatic nitrogens is 3. The first-order chi connectivity index (χ1) is 10.4. The van der Waals surface area contributed by atoms with Gasteiger partial charge in [0, 0.05) is 25.9 Å². The number of pyridine rings is 1. The number of hydrogen-bond acceptors (Lipinski definition) is 5. The highest BCUT2D eigenvalue weighted by molar-refractivity contribution is 7.89. The number of nitrogens with zero attached hydrogens (tertiary/aromatic N) is 4. The monoisotopic (exact) mass is 317 g/mol. The number of hydrogen-bond donors (Lipinski definition) is 1. The summed E-state index contributed by atoms with van der Waals surface area (Å²) in [7, 11) is -0.428. The molecule has 0 bridgehead atoms. The molecule has 0 atom stereocenters. The van der Waals surface area contributed by atoms with E-state index in [9.17, 15) is 8.42 Å². The smallest absolute Gasteiger partial charge is 0.242 e. The van der Waals surface area contributed by atoms with Crippen molar-refractivity contribution in [1.82, 2.24) is 18.9 Å². The maximum Gasteiger partial charge on any atom is 0.242 e. The molecule has 3 rings (SSSR count). The lowest BCUT2D eigenvalue weighted by atomic mass is 10.1. The minimum absolute atomic E-state index is 0.194. The van der Waals surface area contributed by atoms with Gasteiger partial charge in [-0.3, -0.25) is 0 Å². The van der Waals surface area contributed by atoms with Gasteiger partial charge in [0.1, 0.15) is 0 Å². The molecule has 0 amide bonds. The van der Waals surface area contributed by atoms with Gasteiger partial charge in [-0.25, -0.2) is 17.2 Å². The quantitative estimate of drug-likeness (QED) is 0.784. The molecule has 0 radical (unpaired) electrons. The van der Waals surface area contributed by atoms with Crippen LogP contribution in [0, 0.1) is 0 Å². The number of anilines is 1. The molecule has 2 aromatic heterocycles. The van der Waals surface area contributed by atoms with Crippen LogP contribution in [0.1, 0.15) is 0 Å². The standard InChI is InChI=1S/C14H15N5O2S/c1-18(2)22(20,21)11-7-5-10(6-8-11)12-4-3-9-19-13(12)16-14(15)17-19/h3-9H,1-2H3,(H2,15,17). The summed E-state index contributed by atoms with van der Waals surface area (Å²) in [5.41, 5.74) is 7.93. The van der Waals surface area contributed by atoms with Crippen molar-refractivity contribution in [3.05, 3.63) is 42.6 Å². The summed E-state index contributed by atoms with van der Waals surface area (Å²) in [6, 6.07) is 10.4. The highest BCUT2D eigenvalue weighted by Crippen LogP contribution is 2.25. The molecule has 0 fully saturated rings. The Morgan fingerprint density at radius 3 is 2.45 bits per heavy atom. The van der Waals surface area contributed by atoms with Crippen LogP contribution in [-0.2, 0) is 10.0 Å². The first kappa shape index (κ1) is 14.5. The molecule has 0 aliphatic rings. The molecule has 1 aromatic carbocycles. The van der Waals surface area contributed by atoms with Gasteiger partial charge in [-0.2, -0.15) is 4.98 Å². The van der Waals surface area contributed by atoms with Crippen LogP contribution in [0.4, 0.5) is 5.95 Å². The first-order valence-corrected chi connectivity index (χ1v) is 7.97. The van der Waals surface area contributed by atoms with Crippen molar-refractivity contribution in [3.8, 4) is 11.1 Å². The van der Waals surface area contributed by atoms with E-state index in [4.69, 9.17) is 5.73 Å². The Morgan fingerprint density at radius 1 is 1.14 bits per heavy atom. The third-order valence-electron chi connectivity index (χ3n) is 3.32. The molecule has 2 N–H and O–H groups in total. The molecule has 0 unspecified atom stereocenters. The van der Waals surface area contributed by atoms with E-state index in [-0.39, 0.29) is 10.8 Å². The Balaban J connectivity index is 2.09. The minimum atomic E-state index is -3.43. The van der Waals surface area contributed by atoms with Crippen molar-refractivity contribution in [2.45, 2.75) is 4.90 Å². The predicted molar refractivity (Wildman–Crippen MR) is 83.7 cm³/mol. The van der Waals surface area contributed by atoms with Crippen molar-refractivity contribution >= 4 is 21.6 Å². The molecule has 0 spiro atoms. The maximum absolute atomic E-state index is 12.1. The van der Waals surface area contributed by atoms with Crippen molar-refractivity contribution in [3.63, 3.8) is 0 Å². The largest absolute Gasteiger partial charge is 0.366 e. The van der Waals surface area contributed by atoms with Crippen LogP contribution >= 0.6 is 0 Å². The third kappa shape index (κ3) is 2.32. The first-order valence-electron chi connectivity index (χ1n) is 6.53. The molecule has 22 heavy (non-hydrogen) atoms. The lowest BCUT2D eigenvalue weighted by Gasteiger charge is -2.11. The minimum Gasteiger partial charge on any atom is -0.366 e. The van der Waals surface area contributed by atoms with E-state index in [2.05, 4.69) is 10.1 Å². The van der Waals surface area contributed by atoms with Gasteiger partial charge in [0.2, 0.25) is 16.0 Å². The van der Waals surface area contributed by atoms with Crippen molar-refractivity contribution in [2.75, 3.05) is 19.8 Å². The number of nitrogen functional groups attached to an aromatic ring is 1. The van der Waals surface area contributed by atoms with Gasteiger partial charge in [-0.15, -0.1) is 5.10 Å². The van der Waals surface area contributed by atoms with Gasteiger partial charge in [-0.1, -0.05) is 12.1 Å². The third-order valence-corrected chi connectivity index (χ3v) is 5.15. The fourth-order valence-corrected chi connectivity index (χ4v) is 3.07. The van der Waals surface area contributed by atoms with Crippen LogP contribution in [0.3, 0.4) is 0 Å². The van der Waals surface area contributed by atoms with E-state index in [1.54, 1.807) is 35.0 Å². The Labute approximate surface area is 128 Å². The highest BCUT2D eigenvalue weighted by Gasteiger charge is 2.17. The van der Waals surface area contributed by atoms with E-state index in [1.807, 2.05) is 12.1 Å². The fraction of sp³-hybridized carbons (Fsp3) is 0.143. The van der Waals surface area contributed by atoms with Crippen LogP contribution in [0.25, 0.3) is 16.8 Å². The normalized spacial score (nSPS) is 12.1. The molecule has 7 nitrogen and oxygen atoms in total. The second-order valence-electron chi connectivity index (χ2n) is 4.97. The van der Waals surface area contributed by atoms with Gasteiger partial charge >= 0.3 is 0 Å². The molecule has 0 aliphatic heterocycles. The summed E-state index contributed by atoms with van der Waals surface area (Å²) in [5, 5.41) is 4.06. The average Bonchev–Trinajstić information content (AvgIpc) is 2.87. The van der Waals surface area contributed by atoms with E-state index in [1.165, 1.54) is 18.4 Å². The number of sulfonamides is 1. The molecule has 0 saturated heterocycles. The van der Waals surface area contributed by atoms with E-state index in [0.717, 1.165) is 11.1 Å². The van der Waals surface area contributed by atoms with Crippen LogP contribution in [0.15, 0.2) is 47.5 Å². The van der Waals surface area contributed by atoms with Gasteiger partial charge in [-0.05, 0) is 29.8 Å². The number of fused-ring (bicyclic) bond motifs is 1. The molecule has 2 heterocycles. The van der Waals surface area contributed by atoms with Gasteiger partial charge in [0.05, 0.1) is 4.90 Å². The zero-order valence-corrected chi connectivity index (χ0v) is 12.9. The summed E-state index contributed by atoms with van der Waals surface area (Å²) in [4.78, 5) is 4.44. The van der Waals surface area contributed by atoms with Crippen molar-refractivity contribution in [1.29, 1.82) is 0 Å². The van der Waals surface area contributed by atoms with Crippen molar-refractivity contribution < 1.29 is 8.42 Å². The molecular weight excluding hydrogens is 302 g/mol. The van der Waals surface area contributed by atoms with Gasteiger partial charge in [0.25, 0.3) is 0 Å². The molecule has 0 aliphatic carbocycles. The summed E-state index contributed by atoms with van der Waals surface area (Å²) in [6.45, 7) is 0. The lowest BCUT2D eigenvalue weighted by molar-refractivity contribution is 0.521. The highest BCUT2D eigenvalue weighted by atomic mass is 32.2. The molecule has 0 saturated carbocycles. The van der Waals surface area contributed by atoms with Crippen LogP contribution in [-0.4, -0.2) is 41.4 Å². The van der Waals surface area contributed by atoms with Gasteiger partial charge in [0.15, 0.2) is 5.65 Å². The maximum atomic E-state index is 12.1. The van der Waals surface area contributed by atoms with Crippen molar-refractivity contribution in [2.24, 2.45) is 0 Å². The van der Waals surface area contributed by atoms with Crippen LogP contribution in [0.5, 0.6) is 0 Å². The van der Waals surface area contributed by atoms with E-state index >= 15 is 0 Å². The molecule has 3 aromatic rings. The fourth-order valence-electron chi connectivity index (χ4n) is 2.17. The summed E-state index contributed by atoms with van der Waals surface area (Å²) >= 11 is 0. The number of nitrogens with two attached hydrogens (primary N) is 1. The Bertz CT molecular complexity index is 930. The van der Waals surface area contributed by atoms with Crippen LogP contribution in [0.2, 0.25) is 0 Å². The molecular formula is C14H15N5O2S. The Morgan fingerprint density at radius 2 is 1.82 bits per heavy atom. The zero-order chi connectivity index (χ0) is 15.9. The van der Waals surface area contributed by atoms with E-state index < -0.39 is 10.0 Å². The van der Waals surface area contributed by atoms with E-state index in [0.29, 0.717) is 5.65 Å². The zero-order valence-electron chi connectivity index (χ0n) is 12.1. The SMILES string of the molecule is CN(C)S(=O)(=O)c1ccc(-c2cccn3nc(N)nc23)cc1. The second-order valence-corrected chi connectivity index (χ2v) is 7.12. The average molecular weight is 317 g/mol. The summed E-state index contributed by atoms with van der Waals surface area (Å²) in [6.07, 6.45) is 1.76. The summed E-state index contributed by atoms with van der Waals surface area (Å²) in [5.74, 6) is 0.194. The van der Waals surface area contributed by atoms with Crippen LogP contribution < -0.4 is 5.73 Å². The number of benzene rings is 1. The Hall–Kier alpha value is -2.45. The lowest BCUT2D eigenvalue weighted by Crippen LogP contribution is -2.22. The summed E-state index contributed by atoms with van der Waals surface area (Å²) < 4.78 is 26.9. The number of rotatable bonds is 3.